The largest absolute Gasteiger partial charge is 0.489 e. The molecule has 4 aromatic rings. The number of aryl methyl sites for hydroxylation is 4. The number of unbranched alkanes of at least 4 members (excludes halogenated alkanes) is 12. The van der Waals surface area contributed by atoms with E-state index in [-0.39, 0.29) is 75.1 Å². The molecule has 0 saturated carbocycles. The zero-order valence-corrected chi connectivity index (χ0v) is 55.6. The Hall–Kier alpha value is -7.24. The smallest absolute Gasteiger partial charge is 0.335 e. The summed E-state index contributed by atoms with van der Waals surface area (Å²) in [6.07, 6.45) is 20.9. The van der Waals surface area contributed by atoms with Crippen molar-refractivity contribution in [3.63, 3.8) is 0 Å². The van der Waals surface area contributed by atoms with E-state index in [1.807, 2.05) is 0 Å². The third-order valence-corrected chi connectivity index (χ3v) is 16.2. The Morgan fingerprint density at radius 2 is 0.489 bits per heavy atom. The molecule has 92 heavy (non-hydrogen) atoms. The molecule has 0 radical (unpaired) electrons. The van der Waals surface area contributed by atoms with E-state index in [1.54, 1.807) is 0 Å². The number of aliphatic hydroxyl groups is 4. The zero-order valence-electron chi connectivity index (χ0n) is 55.6. The SMILES string of the molecule is C=C(CO)C(=O)OCCOc1c2cc(CCCCCC)cc1Cc1cc(CCCCCC)cc(c1OCCOC(=O)C(=C)CO)Cc1cc(CCCCCC)cc(c1OCCOC(=O)C(=C)CO)Cc1cc(CCCCCC)cc(c1OCCOC(=O)C(=C)CO)C2. The molecule has 16 heteroatoms. The molecule has 0 amide bonds. The molecular formula is C76H104O16. The van der Waals surface area contributed by atoms with Crippen molar-refractivity contribution < 1.29 is 77.5 Å². The van der Waals surface area contributed by atoms with Crippen LogP contribution in [0, 0.1) is 0 Å². The maximum Gasteiger partial charge on any atom is 0.335 e. The summed E-state index contributed by atoms with van der Waals surface area (Å²) in [4.78, 5) is 51.6. The van der Waals surface area contributed by atoms with Gasteiger partial charge in [-0.1, -0.05) is 180 Å². The Balaban J connectivity index is 1.94. The molecule has 0 saturated heterocycles. The van der Waals surface area contributed by atoms with Crippen LogP contribution in [0.1, 0.15) is 197 Å². The first-order valence-electron chi connectivity index (χ1n) is 33.5. The molecule has 1 aliphatic rings. The highest BCUT2D eigenvalue weighted by atomic mass is 16.6. The lowest BCUT2D eigenvalue weighted by atomic mass is 9.87. The molecule has 4 N–H and O–H groups in total. The molecule has 0 atom stereocenters. The second kappa shape index (κ2) is 42.1. The minimum Gasteiger partial charge on any atom is -0.489 e. The van der Waals surface area contributed by atoms with Gasteiger partial charge in [0.05, 0.1) is 48.7 Å². The van der Waals surface area contributed by atoms with Crippen molar-refractivity contribution in [3.8, 4) is 23.0 Å². The fourth-order valence-corrected chi connectivity index (χ4v) is 11.3. The van der Waals surface area contributed by atoms with Gasteiger partial charge in [-0.05, 0) is 118 Å². The molecule has 0 heterocycles. The van der Waals surface area contributed by atoms with Crippen molar-refractivity contribution >= 4 is 23.9 Å². The molecule has 0 aromatic heterocycles. The van der Waals surface area contributed by atoms with Crippen LogP contribution in [0.3, 0.4) is 0 Å². The first kappa shape index (κ1) is 75.5. The van der Waals surface area contributed by atoms with Crippen LogP contribution in [0.5, 0.6) is 23.0 Å². The van der Waals surface area contributed by atoms with Crippen LogP contribution in [0.25, 0.3) is 0 Å². The predicted molar refractivity (Wildman–Crippen MR) is 359 cm³/mol. The van der Waals surface area contributed by atoms with Crippen LogP contribution < -0.4 is 18.9 Å². The van der Waals surface area contributed by atoms with E-state index in [0.29, 0.717) is 48.7 Å². The Morgan fingerprint density at radius 1 is 0.304 bits per heavy atom. The summed E-state index contributed by atoms with van der Waals surface area (Å²) in [5.74, 6) is -0.608. The quantitative estimate of drug-likeness (QED) is 0.0123. The fourth-order valence-electron chi connectivity index (χ4n) is 11.3. The molecule has 0 spiro atoms. The number of rotatable bonds is 44. The van der Waals surface area contributed by atoms with Crippen molar-refractivity contribution in [2.45, 2.75) is 182 Å². The van der Waals surface area contributed by atoms with Crippen LogP contribution in [-0.4, -0.2) is 124 Å². The molecule has 1 aliphatic carbocycles. The average Bonchev–Trinajstić information content (AvgIpc) is 0.855. The number of esters is 4. The minimum absolute atomic E-state index is 0.0406. The number of ether oxygens (including phenoxy) is 8. The van der Waals surface area contributed by atoms with E-state index in [9.17, 15) is 39.6 Å². The standard InChI is InChI=1S/C76H104O16/c1-9-13-17-21-25-57-37-61-45-63-39-58(26-22-18-14-10-2)41-65(70(63)86-30-34-90-74(82)54(6)50-78)47-67-43-60(28-24-20-16-12-4)44-68(72(67)88-32-36-92-76(84)56(8)52-80)48-66-42-59(27-23-19-15-11-3)40-64(71(66)87-31-35-91-75(83)55(7)51-79)46-62(38-57)69(61)85-29-33-89-73(81)53(5)49-77/h37-44,77-80H,5-36,45-52H2,1-4H3. The maximum absolute atomic E-state index is 12.9. The Kier molecular flexibility index (Phi) is 34.5. The lowest BCUT2D eigenvalue weighted by molar-refractivity contribution is -0.141. The zero-order chi connectivity index (χ0) is 66.6. The summed E-state index contributed by atoms with van der Waals surface area (Å²) < 4.78 is 50.2. The second-order valence-electron chi connectivity index (χ2n) is 23.9. The molecule has 5 rings (SSSR count). The molecule has 16 nitrogen and oxygen atoms in total. The topological polar surface area (TPSA) is 223 Å². The van der Waals surface area contributed by atoms with Gasteiger partial charge >= 0.3 is 23.9 Å². The summed E-state index contributed by atoms with van der Waals surface area (Å²) >= 11 is 0. The van der Waals surface area contributed by atoms with Gasteiger partial charge in [-0.25, -0.2) is 19.2 Å². The summed E-state index contributed by atoms with van der Waals surface area (Å²) in [5, 5.41) is 38.9. The van der Waals surface area contributed by atoms with Gasteiger partial charge in [0.2, 0.25) is 0 Å². The van der Waals surface area contributed by atoms with Gasteiger partial charge in [0.1, 0.15) is 75.9 Å². The molecule has 8 bridgehead atoms. The van der Waals surface area contributed by atoms with Crippen molar-refractivity contribution in [1.82, 2.24) is 0 Å². The van der Waals surface area contributed by atoms with E-state index in [4.69, 9.17) is 37.9 Å². The van der Waals surface area contributed by atoms with Crippen molar-refractivity contribution in [2.75, 3.05) is 79.3 Å². The normalized spacial score (nSPS) is 11.7. The summed E-state index contributed by atoms with van der Waals surface area (Å²) in [6, 6.07) is 17.6. The number of carbonyl (C=O) groups is 4. The van der Waals surface area contributed by atoms with Gasteiger partial charge in [-0.3, -0.25) is 0 Å². The van der Waals surface area contributed by atoms with Gasteiger partial charge in [0.15, 0.2) is 0 Å². The van der Waals surface area contributed by atoms with Gasteiger partial charge in [0.25, 0.3) is 0 Å². The van der Waals surface area contributed by atoms with Crippen molar-refractivity contribution in [2.24, 2.45) is 0 Å². The maximum atomic E-state index is 12.9. The van der Waals surface area contributed by atoms with Crippen molar-refractivity contribution in [3.05, 3.63) is 164 Å². The lowest BCUT2D eigenvalue weighted by Gasteiger charge is -2.25. The lowest BCUT2D eigenvalue weighted by Crippen LogP contribution is -2.18. The van der Waals surface area contributed by atoms with E-state index in [1.165, 1.54) is 0 Å². The van der Waals surface area contributed by atoms with Crippen LogP contribution in [0.15, 0.2) is 97.1 Å². The molecular weight excluding hydrogens is 1170 g/mol. The summed E-state index contributed by atoms with van der Waals surface area (Å²) in [6.45, 7) is 20.5. The molecule has 504 valence electrons. The van der Waals surface area contributed by atoms with Crippen LogP contribution in [0.2, 0.25) is 0 Å². The van der Waals surface area contributed by atoms with Gasteiger partial charge in [-0.2, -0.15) is 0 Å². The number of aliphatic hydroxyl groups excluding tert-OH is 4. The van der Waals surface area contributed by atoms with Crippen LogP contribution in [-0.2, 0) is 89.5 Å². The monoisotopic (exact) mass is 1270 g/mol. The highest BCUT2D eigenvalue weighted by Crippen LogP contribution is 2.42. The highest BCUT2D eigenvalue weighted by Gasteiger charge is 2.26. The number of fused-ring (bicyclic) bond motifs is 8. The van der Waals surface area contributed by atoms with Gasteiger partial charge < -0.3 is 58.3 Å². The first-order valence-corrected chi connectivity index (χ1v) is 33.5. The second-order valence-corrected chi connectivity index (χ2v) is 23.9. The highest BCUT2D eigenvalue weighted by molar-refractivity contribution is 5.89. The predicted octanol–water partition coefficient (Wildman–Crippen LogP) is 12.7. The molecule has 0 unspecified atom stereocenters. The number of benzene rings is 4. The number of carbonyl (C=O) groups excluding carboxylic acids is 4. The Labute approximate surface area is 547 Å². The average molecular weight is 1270 g/mol. The fraction of sp³-hybridized carbons (Fsp3) is 0.526. The molecule has 4 aromatic carbocycles. The van der Waals surface area contributed by atoms with E-state index >= 15 is 0 Å². The Bertz CT molecular complexity index is 2560. The van der Waals surface area contributed by atoms with Gasteiger partial charge in [-0.15, -0.1) is 0 Å². The molecule has 0 aliphatic heterocycles. The summed E-state index contributed by atoms with van der Waals surface area (Å²) in [5.41, 5.74) is 10.9. The van der Waals surface area contributed by atoms with E-state index < -0.39 is 50.3 Å². The third kappa shape index (κ3) is 25.0. The molecule has 0 fully saturated rings. The third-order valence-electron chi connectivity index (χ3n) is 16.2. The first-order chi connectivity index (χ1) is 44.6. The number of hydrogen-bond acceptors (Lipinski definition) is 16. The van der Waals surface area contributed by atoms with E-state index in [2.05, 4.69) is 103 Å². The van der Waals surface area contributed by atoms with Crippen molar-refractivity contribution in [1.29, 1.82) is 0 Å². The van der Waals surface area contributed by atoms with Crippen LogP contribution in [0.4, 0.5) is 0 Å². The Morgan fingerprint density at radius 3 is 0.652 bits per heavy atom. The van der Waals surface area contributed by atoms with Crippen LogP contribution >= 0.6 is 0 Å². The minimum atomic E-state index is -0.733. The number of hydrogen-bond donors (Lipinski definition) is 4. The summed E-state index contributed by atoms with van der Waals surface area (Å²) in [7, 11) is 0. The van der Waals surface area contributed by atoms with Gasteiger partial charge in [0, 0.05) is 25.7 Å². The van der Waals surface area contributed by atoms with E-state index in [0.717, 1.165) is 195 Å².